The Kier molecular flexibility index (Phi) is 4.21. The van der Waals surface area contributed by atoms with E-state index >= 15 is 0 Å². The van der Waals surface area contributed by atoms with Crippen LogP contribution in [0.25, 0.3) is 21.5 Å². The Bertz CT molecular complexity index is 1340. The fourth-order valence-corrected chi connectivity index (χ4v) is 5.95. The molecule has 150 valence electrons. The van der Waals surface area contributed by atoms with E-state index in [0.717, 1.165) is 12.8 Å². The molecule has 0 spiro atoms. The molecule has 0 heterocycles. The van der Waals surface area contributed by atoms with E-state index in [2.05, 4.69) is 116 Å². The van der Waals surface area contributed by atoms with Crippen LogP contribution >= 0.6 is 0 Å². The van der Waals surface area contributed by atoms with Gasteiger partial charge in [-0.1, -0.05) is 116 Å². The second kappa shape index (κ2) is 7.10. The minimum absolute atomic E-state index is 0.00509. The smallest absolute Gasteiger partial charge is 0.0249 e. The molecule has 0 N–H and O–H groups in total. The summed E-state index contributed by atoms with van der Waals surface area (Å²) >= 11 is 0. The Morgan fingerprint density at radius 2 is 1.19 bits per heavy atom. The van der Waals surface area contributed by atoms with Gasteiger partial charge < -0.3 is 0 Å². The van der Waals surface area contributed by atoms with Crippen LogP contribution in [-0.4, -0.2) is 0 Å². The Morgan fingerprint density at radius 1 is 0.581 bits per heavy atom. The summed E-state index contributed by atoms with van der Waals surface area (Å²) in [4.78, 5) is 0. The average Bonchev–Trinajstić information content (AvgIpc) is 2.84. The minimum Gasteiger partial charge on any atom is -0.0622 e. The third kappa shape index (κ3) is 2.82. The zero-order chi connectivity index (χ0) is 20.8. The second-order valence-corrected chi connectivity index (χ2v) is 9.11. The second-order valence-electron chi connectivity index (χ2n) is 9.11. The number of fused-ring (bicyclic) bond motifs is 5. The lowest BCUT2D eigenvalue weighted by Gasteiger charge is -2.43. The molecular weight excluding hydrogens is 372 g/mol. The molecular formula is C31H26. The molecule has 5 aromatic carbocycles. The van der Waals surface area contributed by atoms with Gasteiger partial charge in [0.1, 0.15) is 0 Å². The van der Waals surface area contributed by atoms with Crippen LogP contribution in [0.4, 0.5) is 0 Å². The first-order chi connectivity index (χ1) is 15.3. The van der Waals surface area contributed by atoms with Crippen LogP contribution in [0, 0.1) is 0 Å². The van der Waals surface area contributed by atoms with Gasteiger partial charge in [-0.25, -0.2) is 0 Å². The van der Waals surface area contributed by atoms with Crippen molar-refractivity contribution in [2.24, 2.45) is 0 Å². The van der Waals surface area contributed by atoms with Crippen molar-refractivity contribution in [2.45, 2.75) is 31.1 Å². The van der Waals surface area contributed by atoms with Gasteiger partial charge in [0, 0.05) is 5.41 Å². The van der Waals surface area contributed by atoms with Crippen molar-refractivity contribution in [3.63, 3.8) is 0 Å². The molecule has 0 radical (unpaired) electrons. The van der Waals surface area contributed by atoms with Gasteiger partial charge in [-0.3, -0.25) is 0 Å². The summed E-state index contributed by atoms with van der Waals surface area (Å²) in [6.07, 6.45) is 2.17. The van der Waals surface area contributed by atoms with Gasteiger partial charge in [0.05, 0.1) is 0 Å². The van der Waals surface area contributed by atoms with E-state index in [-0.39, 0.29) is 5.41 Å². The largest absolute Gasteiger partial charge is 0.0622 e. The van der Waals surface area contributed by atoms with E-state index in [1.54, 1.807) is 0 Å². The maximum Gasteiger partial charge on any atom is 0.0249 e. The number of rotatable bonds is 2. The molecule has 1 aliphatic carbocycles. The molecule has 0 aliphatic heterocycles. The highest BCUT2D eigenvalue weighted by Crippen LogP contribution is 2.50. The Labute approximate surface area is 184 Å². The molecule has 0 aromatic heterocycles. The van der Waals surface area contributed by atoms with Crippen LogP contribution in [0.3, 0.4) is 0 Å². The molecule has 0 fully saturated rings. The van der Waals surface area contributed by atoms with Crippen molar-refractivity contribution in [3.8, 4) is 0 Å². The Morgan fingerprint density at radius 3 is 1.90 bits per heavy atom. The van der Waals surface area contributed by atoms with Crippen LogP contribution in [0.5, 0.6) is 0 Å². The first kappa shape index (κ1) is 18.4. The third-order valence-electron chi connectivity index (χ3n) is 7.39. The van der Waals surface area contributed by atoms with Crippen LogP contribution in [0.15, 0.2) is 109 Å². The standard InChI is InChI=1S/C31H26/c1-22-20-31(24-11-4-2-5-12-24,25-13-6-3-7-14-25)21-30-26(22)18-19-28-27-15-9-8-10-23(27)16-17-29(28)30/h2-19,22H,20-21H2,1H3. The molecule has 0 amide bonds. The number of benzene rings is 5. The zero-order valence-electron chi connectivity index (χ0n) is 17.9. The maximum atomic E-state index is 2.41. The summed E-state index contributed by atoms with van der Waals surface area (Å²) in [6.45, 7) is 2.41. The molecule has 0 saturated heterocycles. The fraction of sp³-hybridized carbons (Fsp3) is 0.161. The molecule has 1 atom stereocenters. The molecule has 0 heteroatoms. The van der Waals surface area contributed by atoms with Crippen molar-refractivity contribution in [2.75, 3.05) is 0 Å². The topological polar surface area (TPSA) is 0 Å². The van der Waals surface area contributed by atoms with Crippen molar-refractivity contribution in [1.29, 1.82) is 0 Å². The van der Waals surface area contributed by atoms with E-state index < -0.39 is 0 Å². The minimum atomic E-state index is -0.00509. The summed E-state index contributed by atoms with van der Waals surface area (Å²) in [5, 5.41) is 5.46. The van der Waals surface area contributed by atoms with E-state index in [1.807, 2.05) is 0 Å². The van der Waals surface area contributed by atoms with E-state index in [9.17, 15) is 0 Å². The molecule has 0 bridgehead atoms. The number of hydrogen-bond acceptors (Lipinski definition) is 0. The average molecular weight is 399 g/mol. The predicted octanol–water partition coefficient (Wildman–Crippen LogP) is 8.03. The highest BCUT2D eigenvalue weighted by molar-refractivity contribution is 6.08. The van der Waals surface area contributed by atoms with Crippen molar-refractivity contribution in [1.82, 2.24) is 0 Å². The number of hydrogen-bond donors (Lipinski definition) is 0. The van der Waals surface area contributed by atoms with Gasteiger partial charge in [0.2, 0.25) is 0 Å². The summed E-state index contributed by atoms with van der Waals surface area (Å²) in [5.74, 6) is 0.500. The first-order valence-electron chi connectivity index (χ1n) is 11.3. The van der Waals surface area contributed by atoms with Crippen LogP contribution < -0.4 is 0 Å². The van der Waals surface area contributed by atoms with Crippen molar-refractivity contribution >= 4 is 21.5 Å². The van der Waals surface area contributed by atoms with Crippen LogP contribution in [0.2, 0.25) is 0 Å². The van der Waals surface area contributed by atoms with E-state index in [0.29, 0.717) is 5.92 Å². The third-order valence-corrected chi connectivity index (χ3v) is 7.39. The van der Waals surface area contributed by atoms with Crippen molar-refractivity contribution < 1.29 is 0 Å². The molecule has 6 rings (SSSR count). The van der Waals surface area contributed by atoms with Crippen LogP contribution in [0.1, 0.15) is 41.5 Å². The van der Waals surface area contributed by atoms with Gasteiger partial charge in [0.25, 0.3) is 0 Å². The van der Waals surface area contributed by atoms with Gasteiger partial charge in [-0.05, 0) is 62.6 Å². The summed E-state index contributed by atoms with van der Waals surface area (Å²) < 4.78 is 0. The Hall–Kier alpha value is -3.38. The summed E-state index contributed by atoms with van der Waals surface area (Å²) in [7, 11) is 0. The molecule has 0 saturated carbocycles. The predicted molar refractivity (Wildman–Crippen MR) is 132 cm³/mol. The lowest BCUT2D eigenvalue weighted by Crippen LogP contribution is -2.36. The zero-order valence-corrected chi connectivity index (χ0v) is 17.9. The molecule has 0 nitrogen and oxygen atoms in total. The monoisotopic (exact) mass is 398 g/mol. The SMILES string of the molecule is CC1CC(c2ccccc2)(c2ccccc2)Cc2c1ccc1c2ccc2ccccc21. The van der Waals surface area contributed by atoms with Gasteiger partial charge >= 0.3 is 0 Å². The van der Waals surface area contributed by atoms with Gasteiger partial charge in [-0.2, -0.15) is 0 Å². The normalized spacial score (nSPS) is 17.5. The lowest BCUT2D eigenvalue weighted by molar-refractivity contribution is 0.405. The summed E-state index contributed by atoms with van der Waals surface area (Å²) in [6, 6.07) is 40.5. The highest BCUT2D eigenvalue weighted by Gasteiger charge is 2.41. The van der Waals surface area contributed by atoms with E-state index in [4.69, 9.17) is 0 Å². The van der Waals surface area contributed by atoms with Gasteiger partial charge in [-0.15, -0.1) is 0 Å². The van der Waals surface area contributed by atoms with E-state index in [1.165, 1.54) is 43.8 Å². The highest BCUT2D eigenvalue weighted by atomic mass is 14.4. The quantitative estimate of drug-likeness (QED) is 0.264. The van der Waals surface area contributed by atoms with Gasteiger partial charge in [0.15, 0.2) is 0 Å². The fourth-order valence-electron chi connectivity index (χ4n) is 5.95. The van der Waals surface area contributed by atoms with Crippen molar-refractivity contribution in [3.05, 3.63) is 131 Å². The maximum absolute atomic E-state index is 2.41. The molecule has 5 aromatic rings. The first-order valence-corrected chi connectivity index (χ1v) is 11.3. The summed E-state index contributed by atoms with van der Waals surface area (Å²) in [5.41, 5.74) is 5.89. The Balaban J connectivity index is 1.64. The molecule has 31 heavy (non-hydrogen) atoms. The lowest BCUT2D eigenvalue weighted by atomic mass is 9.60. The molecule has 1 unspecified atom stereocenters. The van der Waals surface area contributed by atoms with Crippen LogP contribution in [-0.2, 0) is 11.8 Å². The molecule has 1 aliphatic rings.